The molecule has 0 unspecified atom stereocenters. The molecule has 0 aliphatic heterocycles. The third-order valence-electron chi connectivity index (χ3n) is 4.43. The van der Waals surface area contributed by atoms with Gasteiger partial charge in [-0.15, -0.1) is 0 Å². The first-order valence-electron chi connectivity index (χ1n) is 9.28. The van der Waals surface area contributed by atoms with Gasteiger partial charge in [-0.3, -0.25) is 4.79 Å². The zero-order chi connectivity index (χ0) is 20.2. The predicted octanol–water partition coefficient (Wildman–Crippen LogP) is 5.67. The molecule has 0 radical (unpaired) electrons. The van der Waals surface area contributed by atoms with Crippen molar-refractivity contribution in [3.63, 3.8) is 0 Å². The molecule has 4 rings (SSSR count). The predicted molar refractivity (Wildman–Crippen MR) is 114 cm³/mol. The molecule has 0 aliphatic carbocycles. The quantitative estimate of drug-likeness (QED) is 0.386. The molecule has 3 aromatic heterocycles. The largest absolute Gasteiger partial charge is 0.463 e. The van der Waals surface area contributed by atoms with Crippen molar-refractivity contribution in [1.82, 2.24) is 9.97 Å². The number of imidazole rings is 1. The lowest BCUT2D eigenvalue weighted by Gasteiger charge is -2.08. The standard InChI is InChI=1S/C22H21N3O3S/c1-14-7-8-16(15(2)13-14)23-19(26)9-12-29-22-24-20(17-5-3-10-27-17)21(25-22)18-6-4-11-28-18/h3-8,10-11,13H,9,12H2,1-2H3,(H,23,26)(H,24,25). The fourth-order valence-corrected chi connectivity index (χ4v) is 3.83. The number of amides is 1. The molecule has 0 fully saturated rings. The SMILES string of the molecule is Cc1ccc(NC(=O)CCSc2nc(-c3ccco3)c(-c3ccco3)[nH]2)c(C)c1. The summed E-state index contributed by atoms with van der Waals surface area (Å²) in [5, 5.41) is 3.68. The van der Waals surface area contributed by atoms with E-state index in [2.05, 4.69) is 21.4 Å². The Morgan fingerprint density at radius 1 is 1.10 bits per heavy atom. The summed E-state index contributed by atoms with van der Waals surface area (Å²) in [5.41, 5.74) is 4.53. The molecule has 1 amide bonds. The third-order valence-corrected chi connectivity index (χ3v) is 5.30. The topological polar surface area (TPSA) is 84.1 Å². The maximum absolute atomic E-state index is 12.3. The van der Waals surface area contributed by atoms with E-state index in [1.54, 1.807) is 12.5 Å². The first kappa shape index (κ1) is 19.1. The summed E-state index contributed by atoms with van der Waals surface area (Å²) in [7, 11) is 0. The van der Waals surface area contributed by atoms with Crippen LogP contribution in [-0.4, -0.2) is 21.6 Å². The van der Waals surface area contributed by atoms with Crippen LogP contribution in [0, 0.1) is 13.8 Å². The lowest BCUT2D eigenvalue weighted by molar-refractivity contribution is -0.115. The monoisotopic (exact) mass is 407 g/mol. The first-order valence-corrected chi connectivity index (χ1v) is 10.3. The van der Waals surface area contributed by atoms with E-state index in [0.29, 0.717) is 34.5 Å². The van der Waals surface area contributed by atoms with Crippen LogP contribution in [0.5, 0.6) is 0 Å². The Bertz CT molecular complexity index is 1050. The highest BCUT2D eigenvalue weighted by Gasteiger charge is 2.18. The number of aromatic amines is 1. The number of nitrogens with one attached hydrogen (secondary N) is 2. The summed E-state index contributed by atoms with van der Waals surface area (Å²) in [5.74, 6) is 1.92. The van der Waals surface area contributed by atoms with Gasteiger partial charge in [0.05, 0.1) is 12.5 Å². The van der Waals surface area contributed by atoms with E-state index in [1.165, 1.54) is 17.3 Å². The van der Waals surface area contributed by atoms with Gasteiger partial charge in [0.15, 0.2) is 16.7 Å². The van der Waals surface area contributed by atoms with Crippen molar-refractivity contribution in [2.24, 2.45) is 0 Å². The zero-order valence-electron chi connectivity index (χ0n) is 16.2. The zero-order valence-corrected chi connectivity index (χ0v) is 17.0. The molecular formula is C22H21N3O3S. The van der Waals surface area contributed by atoms with Crippen molar-refractivity contribution in [2.45, 2.75) is 25.4 Å². The number of rotatable bonds is 7. The lowest BCUT2D eigenvalue weighted by atomic mass is 10.1. The van der Waals surface area contributed by atoms with E-state index in [-0.39, 0.29) is 5.91 Å². The highest BCUT2D eigenvalue weighted by Crippen LogP contribution is 2.33. The Labute approximate surface area is 172 Å². The number of benzene rings is 1. The Morgan fingerprint density at radius 3 is 2.55 bits per heavy atom. The smallest absolute Gasteiger partial charge is 0.225 e. The Morgan fingerprint density at radius 2 is 1.86 bits per heavy atom. The van der Waals surface area contributed by atoms with Gasteiger partial charge in [0.1, 0.15) is 11.4 Å². The van der Waals surface area contributed by atoms with Crippen LogP contribution in [0.25, 0.3) is 22.9 Å². The van der Waals surface area contributed by atoms with Crippen LogP contribution in [0.1, 0.15) is 17.5 Å². The summed E-state index contributed by atoms with van der Waals surface area (Å²) in [4.78, 5) is 20.2. The van der Waals surface area contributed by atoms with Gasteiger partial charge in [0.25, 0.3) is 0 Å². The fourth-order valence-electron chi connectivity index (χ4n) is 3.02. The van der Waals surface area contributed by atoms with Crippen LogP contribution in [0.3, 0.4) is 0 Å². The fraction of sp³-hybridized carbons (Fsp3) is 0.182. The van der Waals surface area contributed by atoms with Crippen LogP contribution in [-0.2, 0) is 4.79 Å². The van der Waals surface area contributed by atoms with Crippen LogP contribution >= 0.6 is 11.8 Å². The van der Waals surface area contributed by atoms with E-state index in [0.717, 1.165) is 16.9 Å². The molecule has 4 aromatic rings. The molecule has 7 heteroatoms. The molecule has 0 bridgehead atoms. The van der Waals surface area contributed by atoms with E-state index < -0.39 is 0 Å². The summed E-state index contributed by atoms with van der Waals surface area (Å²) in [6.45, 7) is 4.03. The molecule has 2 N–H and O–H groups in total. The number of carbonyl (C=O) groups excluding carboxylic acids is 1. The number of hydrogen-bond donors (Lipinski definition) is 2. The van der Waals surface area contributed by atoms with Gasteiger partial charge in [0, 0.05) is 17.9 Å². The third kappa shape index (κ3) is 4.46. The number of thioether (sulfide) groups is 1. The highest BCUT2D eigenvalue weighted by atomic mass is 32.2. The minimum absolute atomic E-state index is 0.0199. The minimum atomic E-state index is -0.0199. The molecule has 29 heavy (non-hydrogen) atoms. The van der Waals surface area contributed by atoms with Gasteiger partial charge in [0.2, 0.25) is 5.91 Å². The van der Waals surface area contributed by atoms with Crippen molar-refractivity contribution < 1.29 is 13.6 Å². The summed E-state index contributed by atoms with van der Waals surface area (Å²) < 4.78 is 11.0. The van der Waals surface area contributed by atoms with Gasteiger partial charge in [-0.2, -0.15) is 0 Å². The number of carbonyl (C=O) groups is 1. The molecule has 6 nitrogen and oxygen atoms in total. The number of nitrogens with zero attached hydrogens (tertiary/aromatic N) is 1. The summed E-state index contributed by atoms with van der Waals surface area (Å²) in [6.07, 6.45) is 3.61. The number of H-pyrrole nitrogens is 1. The van der Waals surface area contributed by atoms with Gasteiger partial charge in [-0.05, 0) is 49.7 Å². The van der Waals surface area contributed by atoms with Crippen molar-refractivity contribution in [3.05, 3.63) is 66.1 Å². The van der Waals surface area contributed by atoms with E-state index in [9.17, 15) is 4.79 Å². The molecule has 0 saturated heterocycles. The molecule has 0 saturated carbocycles. The van der Waals surface area contributed by atoms with Crippen molar-refractivity contribution in [2.75, 3.05) is 11.1 Å². The number of furan rings is 2. The molecule has 3 heterocycles. The second-order valence-electron chi connectivity index (χ2n) is 6.69. The first-order chi connectivity index (χ1) is 14.1. The lowest BCUT2D eigenvalue weighted by Crippen LogP contribution is -2.13. The minimum Gasteiger partial charge on any atom is -0.463 e. The maximum Gasteiger partial charge on any atom is 0.225 e. The number of anilines is 1. The van der Waals surface area contributed by atoms with Crippen LogP contribution in [0.2, 0.25) is 0 Å². The summed E-state index contributed by atoms with van der Waals surface area (Å²) >= 11 is 1.48. The van der Waals surface area contributed by atoms with E-state index in [4.69, 9.17) is 8.83 Å². The molecule has 148 valence electrons. The second kappa shape index (κ2) is 8.45. The van der Waals surface area contributed by atoms with Gasteiger partial charge in [-0.1, -0.05) is 29.5 Å². The van der Waals surface area contributed by atoms with Gasteiger partial charge < -0.3 is 19.1 Å². The molecule has 0 spiro atoms. The number of aromatic nitrogens is 2. The molecule has 0 atom stereocenters. The van der Waals surface area contributed by atoms with Crippen LogP contribution in [0.4, 0.5) is 5.69 Å². The van der Waals surface area contributed by atoms with Crippen LogP contribution < -0.4 is 5.32 Å². The highest BCUT2D eigenvalue weighted by molar-refractivity contribution is 7.99. The van der Waals surface area contributed by atoms with Crippen LogP contribution in [0.15, 0.2) is 69.0 Å². The van der Waals surface area contributed by atoms with Crippen molar-refractivity contribution in [3.8, 4) is 22.9 Å². The summed E-state index contributed by atoms with van der Waals surface area (Å²) in [6, 6.07) is 13.4. The maximum atomic E-state index is 12.3. The average Bonchev–Trinajstić information content (AvgIpc) is 3.45. The van der Waals surface area contributed by atoms with E-state index >= 15 is 0 Å². The normalized spacial score (nSPS) is 11.0. The van der Waals surface area contributed by atoms with Gasteiger partial charge in [-0.25, -0.2) is 4.98 Å². The van der Waals surface area contributed by atoms with Crippen molar-refractivity contribution >= 4 is 23.4 Å². The second-order valence-corrected chi connectivity index (χ2v) is 7.77. The van der Waals surface area contributed by atoms with Crippen molar-refractivity contribution in [1.29, 1.82) is 0 Å². The molecule has 1 aromatic carbocycles. The van der Waals surface area contributed by atoms with E-state index in [1.807, 2.05) is 50.2 Å². The number of aryl methyl sites for hydroxylation is 2. The molecular weight excluding hydrogens is 386 g/mol. The Kier molecular flexibility index (Phi) is 5.57. The number of hydrogen-bond acceptors (Lipinski definition) is 5. The Hall–Kier alpha value is -3.19. The average molecular weight is 407 g/mol. The molecule has 0 aliphatic rings. The Balaban J connectivity index is 1.41. The van der Waals surface area contributed by atoms with Gasteiger partial charge >= 0.3 is 0 Å².